The number of aliphatic hydroxyl groups is 2. The molecular weight excluding hydrogens is 1230 g/mol. The third-order valence-corrected chi connectivity index (χ3v) is 17.4. The van der Waals surface area contributed by atoms with Gasteiger partial charge >= 0.3 is 0 Å². The molecule has 1 saturated carbocycles. The molecular formula is C69H78F3N11O12. The van der Waals surface area contributed by atoms with E-state index in [0.717, 1.165) is 38.5 Å². The SMILES string of the molecule is CC[C@@H](O)CNC(=O)C(=O)c1cc(C(=O)Nc2ccc(F)c(C)c2)c2n1CCCC2.CC[C@H](NC(=O)C(=O)c1cc(C(=O)Nc2ccc(F)c(C)c2)c2n1CCCC2)[C@H](C)O.Cc1noc(C2(NC(=O)C(=O)c3cc(C(=O)Nc4ccc(F)c(C)c4)c4n3CCCC4)CC2)n1. The largest absolute Gasteiger partial charge is 0.391 e. The maximum atomic E-state index is 13.6. The standard InChI is InChI=1S/C24H24FN5O4.C23H28FN3O4.C22H26FN3O4/c1-13-11-15(6-7-17(13)25)27-21(32)16-12-19(30-10-4-3-5-18(16)30)20(31)22(33)28-24(8-9-24)23-26-14(2)29-34-23;1-4-18(14(3)28)26-23(31)21(29)20-12-16(19-7-5-6-10-27(19)20)22(30)25-15-8-9-17(24)13(2)11-15;1-3-15(27)12-24-22(30)20(28)19-11-16(18-6-4-5-9-26(18)19)21(29)25-14-7-8-17(23)13(2)10-14/h6-7,11-12H,3-5,8-10H2,1-2H3,(H,27,32)(H,28,33);8-9,11-12,14,18,28H,4-7,10H2,1-3H3,(H,25,30)(H,26,31);7-8,10-11,15,27H,3-6,9,12H2,1-2H3,(H,24,30)(H,25,29)/t;14-,18-;15-/m.01/s1. The van der Waals surface area contributed by atoms with E-state index in [4.69, 9.17) is 4.52 Å². The van der Waals surface area contributed by atoms with Crippen LogP contribution in [0.25, 0.3) is 0 Å². The van der Waals surface area contributed by atoms with E-state index >= 15 is 0 Å². The Balaban J connectivity index is 0.000000168. The lowest BCUT2D eigenvalue weighted by atomic mass is 10.1. The molecule has 3 aromatic carbocycles. The molecule has 3 atom stereocenters. The quantitative estimate of drug-likeness (QED) is 0.0261. The fraction of sp³-hybridized carbons (Fsp3) is 0.406. The van der Waals surface area contributed by atoms with Crippen molar-refractivity contribution < 1.29 is 71.1 Å². The van der Waals surface area contributed by atoms with E-state index in [-0.39, 0.29) is 47.0 Å². The van der Waals surface area contributed by atoms with Crippen molar-refractivity contribution >= 4 is 69.9 Å². The Labute approximate surface area is 546 Å². The van der Waals surface area contributed by atoms with E-state index in [9.17, 15) is 66.5 Å². The predicted octanol–water partition coefficient (Wildman–Crippen LogP) is 8.78. The molecule has 0 saturated heterocycles. The molecule has 11 rings (SSSR count). The first kappa shape index (κ1) is 69.5. The monoisotopic (exact) mass is 1310 g/mol. The number of aryl methyl sites for hydroxylation is 4. The molecule has 502 valence electrons. The number of hydrogen-bond acceptors (Lipinski definition) is 14. The number of aliphatic hydroxyl groups excluding tert-OH is 2. The zero-order chi connectivity index (χ0) is 68.6. The first-order chi connectivity index (χ1) is 45.3. The van der Waals surface area contributed by atoms with Gasteiger partial charge in [0.1, 0.15) is 23.0 Å². The fourth-order valence-electron chi connectivity index (χ4n) is 11.8. The number of amides is 6. The number of halogens is 3. The number of nitrogens with zero attached hydrogens (tertiary/aromatic N) is 5. The Bertz CT molecular complexity index is 4140. The summed E-state index contributed by atoms with van der Waals surface area (Å²) in [6.07, 6.45) is 7.64. The molecule has 4 aliphatic rings. The van der Waals surface area contributed by atoms with Crippen LogP contribution in [0.1, 0.15) is 193 Å². The Hall–Kier alpha value is -9.82. The second-order valence-corrected chi connectivity index (χ2v) is 24.4. The molecule has 7 heterocycles. The van der Waals surface area contributed by atoms with Crippen LogP contribution in [0.4, 0.5) is 30.2 Å². The van der Waals surface area contributed by atoms with E-state index in [2.05, 4.69) is 42.0 Å². The number of anilines is 3. The van der Waals surface area contributed by atoms with Gasteiger partial charge in [0, 0.05) is 60.3 Å². The van der Waals surface area contributed by atoms with Crippen molar-refractivity contribution in [3.8, 4) is 0 Å². The van der Waals surface area contributed by atoms with Crippen molar-refractivity contribution in [2.24, 2.45) is 0 Å². The zero-order valence-corrected chi connectivity index (χ0v) is 54.0. The molecule has 26 heteroatoms. The third-order valence-electron chi connectivity index (χ3n) is 17.4. The van der Waals surface area contributed by atoms with Crippen LogP contribution in [0, 0.1) is 45.1 Å². The molecule has 0 unspecified atom stereocenters. The van der Waals surface area contributed by atoms with E-state index in [1.807, 2.05) is 0 Å². The second-order valence-electron chi connectivity index (χ2n) is 24.4. The summed E-state index contributed by atoms with van der Waals surface area (Å²) in [6.45, 7) is 13.3. The van der Waals surface area contributed by atoms with E-state index < -0.39 is 76.6 Å². The maximum absolute atomic E-state index is 13.6. The molecule has 0 spiro atoms. The first-order valence-corrected chi connectivity index (χ1v) is 31.9. The molecule has 6 amide bonds. The van der Waals surface area contributed by atoms with Crippen molar-refractivity contribution in [2.45, 2.75) is 175 Å². The summed E-state index contributed by atoms with van der Waals surface area (Å²) < 4.78 is 51.0. The molecule has 95 heavy (non-hydrogen) atoms. The van der Waals surface area contributed by atoms with Crippen LogP contribution in [0.15, 0.2) is 77.3 Å². The number of benzene rings is 3. The lowest BCUT2D eigenvalue weighted by Gasteiger charge is -2.20. The van der Waals surface area contributed by atoms with Gasteiger partial charge in [0.2, 0.25) is 0 Å². The minimum Gasteiger partial charge on any atom is -0.391 e. The predicted molar refractivity (Wildman–Crippen MR) is 344 cm³/mol. The Morgan fingerprint density at radius 1 is 0.547 bits per heavy atom. The van der Waals surface area contributed by atoms with Gasteiger partial charge in [0.25, 0.3) is 58.7 Å². The molecule has 1 fully saturated rings. The Kier molecular flexibility index (Phi) is 22.0. The zero-order valence-electron chi connectivity index (χ0n) is 54.0. The lowest BCUT2D eigenvalue weighted by Crippen LogP contribution is -2.45. The lowest BCUT2D eigenvalue weighted by molar-refractivity contribution is -0.119. The van der Waals surface area contributed by atoms with Gasteiger partial charge < -0.3 is 60.3 Å². The van der Waals surface area contributed by atoms with E-state index in [1.54, 1.807) is 68.2 Å². The van der Waals surface area contributed by atoms with Gasteiger partial charge in [0.05, 0.1) is 52.0 Å². The van der Waals surface area contributed by atoms with Gasteiger partial charge in [-0.2, -0.15) is 4.98 Å². The van der Waals surface area contributed by atoms with Crippen molar-refractivity contribution in [3.05, 3.63) is 170 Å². The number of rotatable bonds is 20. The van der Waals surface area contributed by atoms with Crippen LogP contribution < -0.4 is 31.9 Å². The molecule has 0 bridgehead atoms. The van der Waals surface area contributed by atoms with Gasteiger partial charge in [-0.3, -0.25) is 43.2 Å². The minimum absolute atomic E-state index is 0.00804. The highest BCUT2D eigenvalue weighted by atomic mass is 19.1. The minimum atomic E-state index is -0.814. The Morgan fingerprint density at radius 3 is 1.27 bits per heavy atom. The summed E-state index contributed by atoms with van der Waals surface area (Å²) in [5.74, 6) is -6.15. The molecule has 1 aliphatic carbocycles. The van der Waals surface area contributed by atoms with Gasteiger partial charge in [0.15, 0.2) is 5.82 Å². The van der Waals surface area contributed by atoms with Gasteiger partial charge in [-0.1, -0.05) is 19.0 Å². The Morgan fingerprint density at radius 2 is 0.937 bits per heavy atom. The number of nitrogens with one attached hydrogen (secondary N) is 6. The average Bonchev–Trinajstić information content (AvgIpc) is 1.61. The van der Waals surface area contributed by atoms with Crippen molar-refractivity contribution in [2.75, 3.05) is 22.5 Å². The van der Waals surface area contributed by atoms with Gasteiger partial charge in [-0.05, 0) is 208 Å². The van der Waals surface area contributed by atoms with Crippen LogP contribution in [-0.4, -0.2) is 112 Å². The normalized spacial score (nSPS) is 15.0. The van der Waals surface area contributed by atoms with Crippen LogP contribution in [0.3, 0.4) is 0 Å². The highest BCUT2D eigenvalue weighted by Gasteiger charge is 2.52. The van der Waals surface area contributed by atoms with Crippen LogP contribution in [0.5, 0.6) is 0 Å². The average molecular weight is 1310 g/mol. The van der Waals surface area contributed by atoms with Crippen LogP contribution in [0.2, 0.25) is 0 Å². The molecule has 23 nitrogen and oxygen atoms in total. The van der Waals surface area contributed by atoms with Crippen molar-refractivity contribution in [3.63, 3.8) is 0 Å². The number of Topliss-reactive ketones (excluding diaryl/α,β-unsaturated/α-hetero) is 3. The maximum Gasteiger partial charge on any atom is 0.294 e. The summed E-state index contributed by atoms with van der Waals surface area (Å²) in [5.41, 5.74) is 5.41. The second kappa shape index (κ2) is 30.1. The molecule has 8 N–H and O–H groups in total. The van der Waals surface area contributed by atoms with Crippen LogP contribution >= 0.6 is 0 Å². The van der Waals surface area contributed by atoms with E-state index in [1.165, 1.54) is 66.7 Å². The molecule has 4 aromatic heterocycles. The molecule has 7 aromatic rings. The van der Waals surface area contributed by atoms with Gasteiger partial charge in [-0.15, -0.1) is 0 Å². The topological polar surface area (TPSA) is 320 Å². The van der Waals surface area contributed by atoms with Gasteiger partial charge in [-0.25, -0.2) is 13.2 Å². The summed E-state index contributed by atoms with van der Waals surface area (Å²) in [5, 5.41) is 39.2. The highest BCUT2D eigenvalue weighted by molar-refractivity contribution is 6.44. The smallest absolute Gasteiger partial charge is 0.294 e. The summed E-state index contributed by atoms with van der Waals surface area (Å²) >= 11 is 0. The summed E-state index contributed by atoms with van der Waals surface area (Å²) in [6, 6.07) is 16.8. The number of hydrogen-bond donors (Lipinski definition) is 8. The first-order valence-electron chi connectivity index (χ1n) is 31.9. The number of carbonyl (C=O) groups excluding carboxylic acids is 9. The molecule has 0 radical (unpaired) electrons. The summed E-state index contributed by atoms with van der Waals surface area (Å²) in [4.78, 5) is 120. The van der Waals surface area contributed by atoms with E-state index in [0.29, 0.717) is 138 Å². The number of aromatic nitrogens is 5. The highest BCUT2D eigenvalue weighted by Crippen LogP contribution is 2.45. The number of fused-ring (bicyclic) bond motifs is 3. The summed E-state index contributed by atoms with van der Waals surface area (Å²) in [7, 11) is 0. The van der Waals surface area contributed by atoms with Crippen molar-refractivity contribution in [1.29, 1.82) is 0 Å². The number of ketones is 3. The van der Waals surface area contributed by atoms with Crippen molar-refractivity contribution in [1.82, 2.24) is 39.8 Å². The number of carbonyl (C=O) groups is 9. The third kappa shape index (κ3) is 16.1. The fourth-order valence-corrected chi connectivity index (χ4v) is 11.8. The molecule has 3 aliphatic heterocycles. The van der Waals surface area contributed by atoms with Crippen LogP contribution in [-0.2, 0) is 58.8 Å².